The van der Waals surface area contributed by atoms with E-state index in [4.69, 9.17) is 0 Å². The normalized spacial score (nSPS) is 14.8. The molecule has 19 heavy (non-hydrogen) atoms. The molecule has 0 bridgehead atoms. The van der Waals surface area contributed by atoms with E-state index < -0.39 is 0 Å². The first kappa shape index (κ1) is 12.8. The number of nitrogens with one attached hydrogen (secondary N) is 1. The van der Waals surface area contributed by atoms with Crippen LogP contribution in [0.5, 0.6) is 0 Å². The van der Waals surface area contributed by atoms with Crippen LogP contribution in [-0.4, -0.2) is 10.9 Å². The second-order valence-electron chi connectivity index (χ2n) is 4.85. The van der Waals surface area contributed by atoms with E-state index in [-0.39, 0.29) is 5.91 Å². The third-order valence-corrected chi connectivity index (χ3v) is 5.38. The van der Waals surface area contributed by atoms with Crippen LogP contribution in [-0.2, 0) is 12.8 Å². The number of anilines is 1. The lowest BCUT2D eigenvalue weighted by Gasteiger charge is -1.98. The Hall–Kier alpha value is -1.20. The van der Waals surface area contributed by atoms with Gasteiger partial charge in [0.15, 0.2) is 5.13 Å². The molecule has 5 heteroatoms. The number of amides is 1. The van der Waals surface area contributed by atoms with Crippen LogP contribution in [0.25, 0.3) is 0 Å². The van der Waals surface area contributed by atoms with E-state index >= 15 is 0 Å². The van der Waals surface area contributed by atoms with Crippen molar-refractivity contribution in [3.63, 3.8) is 0 Å². The molecule has 2 aromatic heterocycles. The van der Waals surface area contributed by atoms with Gasteiger partial charge >= 0.3 is 0 Å². The van der Waals surface area contributed by atoms with Crippen molar-refractivity contribution in [2.45, 2.75) is 39.0 Å². The molecule has 0 aromatic carbocycles. The molecular weight excluding hydrogens is 276 g/mol. The fourth-order valence-corrected chi connectivity index (χ4v) is 4.16. The lowest BCUT2D eigenvalue weighted by molar-refractivity contribution is 0.103. The summed E-state index contributed by atoms with van der Waals surface area (Å²) in [6.07, 6.45) is 7.83. The smallest absolute Gasteiger partial charge is 0.267 e. The Kier molecular flexibility index (Phi) is 3.66. The van der Waals surface area contributed by atoms with Gasteiger partial charge in [0, 0.05) is 16.0 Å². The number of hydrogen-bond acceptors (Lipinski definition) is 4. The Bertz CT molecular complexity index is 577. The summed E-state index contributed by atoms with van der Waals surface area (Å²) in [6, 6.07) is 2.07. The molecule has 0 atom stereocenters. The van der Waals surface area contributed by atoms with E-state index in [1.165, 1.54) is 41.0 Å². The molecule has 1 amide bonds. The van der Waals surface area contributed by atoms with Crippen LogP contribution >= 0.6 is 22.7 Å². The first-order chi connectivity index (χ1) is 9.22. The molecule has 0 saturated heterocycles. The highest BCUT2D eigenvalue weighted by Gasteiger charge is 2.17. The van der Waals surface area contributed by atoms with Gasteiger partial charge in [-0.3, -0.25) is 10.1 Å². The summed E-state index contributed by atoms with van der Waals surface area (Å²) in [6.45, 7) is 1.99. The minimum absolute atomic E-state index is 0.0209. The molecule has 0 fully saturated rings. The van der Waals surface area contributed by atoms with E-state index in [1.54, 1.807) is 17.5 Å². The van der Waals surface area contributed by atoms with E-state index in [2.05, 4.69) is 16.4 Å². The Balaban J connectivity index is 1.76. The fourth-order valence-electron chi connectivity index (χ4n) is 2.35. The van der Waals surface area contributed by atoms with E-state index in [1.807, 2.05) is 6.92 Å². The van der Waals surface area contributed by atoms with E-state index in [9.17, 15) is 4.79 Å². The molecule has 3 rings (SSSR count). The van der Waals surface area contributed by atoms with Crippen molar-refractivity contribution in [1.29, 1.82) is 0 Å². The summed E-state index contributed by atoms with van der Waals surface area (Å²) in [5.41, 5.74) is 1.38. The molecule has 2 aromatic rings. The highest BCUT2D eigenvalue weighted by molar-refractivity contribution is 7.16. The average molecular weight is 292 g/mol. The molecule has 0 aliphatic heterocycles. The maximum absolute atomic E-state index is 12.2. The van der Waals surface area contributed by atoms with Gasteiger partial charge in [-0.15, -0.1) is 22.7 Å². The van der Waals surface area contributed by atoms with E-state index in [0.717, 1.165) is 22.6 Å². The summed E-state index contributed by atoms with van der Waals surface area (Å²) in [5, 5.41) is 3.57. The molecule has 3 nitrogen and oxygen atoms in total. The van der Waals surface area contributed by atoms with Crippen molar-refractivity contribution in [3.05, 3.63) is 32.5 Å². The quantitative estimate of drug-likeness (QED) is 0.849. The van der Waals surface area contributed by atoms with Gasteiger partial charge in [0.2, 0.25) is 0 Å². The van der Waals surface area contributed by atoms with Crippen LogP contribution < -0.4 is 5.32 Å². The highest BCUT2D eigenvalue weighted by Crippen LogP contribution is 2.29. The van der Waals surface area contributed by atoms with Crippen molar-refractivity contribution in [2.24, 2.45) is 0 Å². The molecule has 1 aliphatic carbocycles. The number of hydrogen-bond donors (Lipinski definition) is 1. The Morgan fingerprint density at radius 1 is 1.26 bits per heavy atom. The maximum atomic E-state index is 12.2. The zero-order valence-electron chi connectivity index (χ0n) is 10.9. The largest absolute Gasteiger partial charge is 0.297 e. The summed E-state index contributed by atoms with van der Waals surface area (Å²) in [7, 11) is 0. The summed E-state index contributed by atoms with van der Waals surface area (Å²) < 4.78 is 0. The number of nitrogens with zero attached hydrogens (tertiary/aromatic N) is 1. The molecule has 2 heterocycles. The average Bonchev–Trinajstić information content (AvgIpc) is 2.91. The van der Waals surface area contributed by atoms with Gasteiger partial charge in [-0.25, -0.2) is 4.98 Å². The highest BCUT2D eigenvalue weighted by atomic mass is 32.1. The van der Waals surface area contributed by atoms with Crippen molar-refractivity contribution in [3.8, 4) is 0 Å². The second kappa shape index (κ2) is 5.43. The molecule has 0 radical (unpaired) electrons. The zero-order valence-corrected chi connectivity index (χ0v) is 12.5. The molecule has 100 valence electrons. The Labute approximate surface area is 120 Å². The van der Waals surface area contributed by atoms with Crippen molar-refractivity contribution in [1.82, 2.24) is 4.98 Å². The standard InChI is InChI=1S/C14H16N2OS2/c1-9-8-15-14(18-9)16-13(17)12-7-10-5-3-2-4-6-11(10)19-12/h7-8H,2-6H2,1H3,(H,15,16,17). The van der Waals surface area contributed by atoms with Gasteiger partial charge in [0.05, 0.1) is 4.88 Å². The Morgan fingerprint density at radius 2 is 2.11 bits per heavy atom. The van der Waals surface area contributed by atoms with Crippen molar-refractivity contribution >= 4 is 33.7 Å². The molecule has 0 saturated carbocycles. The predicted molar refractivity (Wildman–Crippen MR) is 80.4 cm³/mol. The summed E-state index contributed by atoms with van der Waals surface area (Å²) in [4.78, 5) is 19.7. The zero-order chi connectivity index (χ0) is 13.2. The van der Waals surface area contributed by atoms with Gasteiger partial charge in [0.1, 0.15) is 0 Å². The van der Waals surface area contributed by atoms with Gasteiger partial charge in [-0.1, -0.05) is 6.42 Å². The lowest BCUT2D eigenvalue weighted by atomic mass is 10.1. The van der Waals surface area contributed by atoms with Gasteiger partial charge in [-0.2, -0.15) is 0 Å². The van der Waals surface area contributed by atoms with Gasteiger partial charge < -0.3 is 0 Å². The van der Waals surface area contributed by atoms with Gasteiger partial charge in [-0.05, 0) is 44.2 Å². The van der Waals surface area contributed by atoms with Crippen LogP contribution in [0.1, 0.15) is 44.3 Å². The number of thiophene rings is 1. The minimum Gasteiger partial charge on any atom is -0.297 e. The molecule has 1 N–H and O–H groups in total. The van der Waals surface area contributed by atoms with Crippen LogP contribution in [0.3, 0.4) is 0 Å². The third-order valence-electron chi connectivity index (χ3n) is 3.31. The summed E-state index contributed by atoms with van der Waals surface area (Å²) >= 11 is 3.16. The molecular formula is C14H16N2OS2. The van der Waals surface area contributed by atoms with E-state index in [0.29, 0.717) is 5.13 Å². The first-order valence-electron chi connectivity index (χ1n) is 6.58. The topological polar surface area (TPSA) is 42.0 Å². The van der Waals surface area contributed by atoms with Crippen LogP contribution in [0.15, 0.2) is 12.3 Å². The predicted octanol–water partition coefficient (Wildman–Crippen LogP) is 4.03. The fraction of sp³-hybridized carbons (Fsp3) is 0.429. The number of aromatic nitrogens is 1. The number of aryl methyl sites for hydroxylation is 3. The number of rotatable bonds is 2. The van der Waals surface area contributed by atoms with Crippen LogP contribution in [0.4, 0.5) is 5.13 Å². The first-order valence-corrected chi connectivity index (χ1v) is 8.21. The minimum atomic E-state index is -0.0209. The lowest BCUT2D eigenvalue weighted by Crippen LogP contribution is -2.09. The van der Waals surface area contributed by atoms with Gasteiger partial charge in [0.25, 0.3) is 5.91 Å². The van der Waals surface area contributed by atoms with Crippen molar-refractivity contribution < 1.29 is 4.79 Å². The molecule has 1 aliphatic rings. The third kappa shape index (κ3) is 2.87. The van der Waals surface area contributed by atoms with Crippen LogP contribution in [0, 0.1) is 6.92 Å². The second-order valence-corrected chi connectivity index (χ2v) is 7.22. The summed E-state index contributed by atoms with van der Waals surface area (Å²) in [5.74, 6) is -0.0209. The SMILES string of the molecule is Cc1cnc(NC(=O)c2cc3c(s2)CCCCC3)s1. The molecule has 0 unspecified atom stereocenters. The van der Waals surface area contributed by atoms with Crippen LogP contribution in [0.2, 0.25) is 0 Å². The number of carbonyl (C=O) groups excluding carboxylic acids is 1. The number of thiazole rings is 1. The maximum Gasteiger partial charge on any atom is 0.267 e. The molecule has 0 spiro atoms. The number of carbonyl (C=O) groups is 1. The number of fused-ring (bicyclic) bond motifs is 1. The Morgan fingerprint density at radius 3 is 2.89 bits per heavy atom. The monoisotopic (exact) mass is 292 g/mol. The van der Waals surface area contributed by atoms with Crippen molar-refractivity contribution in [2.75, 3.05) is 5.32 Å².